The molecular formula is C19H27ClN4O4. The Hall–Kier alpha value is -2.32. The molecule has 3 rings (SSSR count). The molecule has 1 amide bonds. The lowest BCUT2D eigenvalue weighted by atomic mass is 10.0. The van der Waals surface area contributed by atoms with Crippen LogP contribution >= 0.6 is 12.4 Å². The average Bonchev–Trinajstić information content (AvgIpc) is 2.71. The monoisotopic (exact) mass is 410 g/mol. The van der Waals surface area contributed by atoms with E-state index < -0.39 is 0 Å². The topological polar surface area (TPSA) is 96.6 Å². The number of aromatic amines is 1. The van der Waals surface area contributed by atoms with Gasteiger partial charge in [0.1, 0.15) is 5.82 Å². The van der Waals surface area contributed by atoms with Crippen LogP contribution in [0, 0.1) is 0 Å². The minimum absolute atomic E-state index is 0. The van der Waals surface area contributed by atoms with E-state index in [0.29, 0.717) is 34.8 Å². The third kappa shape index (κ3) is 4.56. The number of fused-ring (bicyclic) bond motifs is 1. The minimum Gasteiger partial charge on any atom is -0.493 e. The number of carbonyl (C=O) groups is 1. The smallest absolute Gasteiger partial charge is 0.258 e. The summed E-state index contributed by atoms with van der Waals surface area (Å²) in [5, 5.41) is 3.69. The number of rotatable bonds is 6. The van der Waals surface area contributed by atoms with Gasteiger partial charge in [0.15, 0.2) is 11.5 Å². The van der Waals surface area contributed by atoms with Crippen molar-refractivity contribution in [1.82, 2.24) is 20.2 Å². The van der Waals surface area contributed by atoms with Crippen molar-refractivity contribution in [1.29, 1.82) is 0 Å². The van der Waals surface area contributed by atoms with E-state index in [2.05, 4.69) is 15.3 Å². The van der Waals surface area contributed by atoms with E-state index in [-0.39, 0.29) is 36.5 Å². The number of benzene rings is 1. The Morgan fingerprint density at radius 2 is 1.96 bits per heavy atom. The zero-order valence-corrected chi connectivity index (χ0v) is 17.2. The summed E-state index contributed by atoms with van der Waals surface area (Å²) in [5.74, 6) is 1.47. The lowest BCUT2D eigenvalue weighted by molar-refractivity contribution is -0.134. The molecule has 1 aliphatic rings. The lowest BCUT2D eigenvalue weighted by Crippen LogP contribution is -2.48. The van der Waals surface area contributed by atoms with E-state index in [1.807, 2.05) is 6.92 Å². The second-order valence-electron chi connectivity index (χ2n) is 6.59. The fourth-order valence-corrected chi connectivity index (χ4v) is 3.40. The summed E-state index contributed by atoms with van der Waals surface area (Å²) in [6, 6.07) is 3.13. The van der Waals surface area contributed by atoms with Crippen LogP contribution in [-0.2, 0) is 11.3 Å². The Bertz CT molecular complexity index is 880. The van der Waals surface area contributed by atoms with Gasteiger partial charge in [0.2, 0.25) is 5.91 Å². The maximum Gasteiger partial charge on any atom is 0.258 e. The molecule has 154 valence electrons. The van der Waals surface area contributed by atoms with E-state index >= 15 is 0 Å². The van der Waals surface area contributed by atoms with Crippen molar-refractivity contribution in [3.05, 3.63) is 28.3 Å². The number of nitrogens with one attached hydrogen (secondary N) is 2. The van der Waals surface area contributed by atoms with Crippen molar-refractivity contribution in [2.24, 2.45) is 0 Å². The number of hydrogen-bond acceptors (Lipinski definition) is 6. The third-order valence-corrected chi connectivity index (χ3v) is 4.90. The zero-order valence-electron chi connectivity index (χ0n) is 16.4. The summed E-state index contributed by atoms with van der Waals surface area (Å²) in [4.78, 5) is 34.3. The molecule has 0 radical (unpaired) electrons. The first-order valence-corrected chi connectivity index (χ1v) is 9.24. The van der Waals surface area contributed by atoms with E-state index in [1.165, 1.54) is 14.2 Å². The fraction of sp³-hybridized carbons (Fsp3) is 0.526. The highest BCUT2D eigenvalue weighted by Gasteiger charge is 2.25. The van der Waals surface area contributed by atoms with Crippen LogP contribution in [0.5, 0.6) is 11.5 Å². The van der Waals surface area contributed by atoms with E-state index in [0.717, 1.165) is 25.8 Å². The van der Waals surface area contributed by atoms with Crippen molar-refractivity contribution in [2.75, 3.05) is 27.3 Å². The summed E-state index contributed by atoms with van der Waals surface area (Å²) < 4.78 is 10.5. The van der Waals surface area contributed by atoms with Crippen molar-refractivity contribution in [3.63, 3.8) is 0 Å². The average molecular weight is 411 g/mol. The van der Waals surface area contributed by atoms with E-state index in [9.17, 15) is 9.59 Å². The van der Waals surface area contributed by atoms with Gasteiger partial charge in [0, 0.05) is 12.6 Å². The largest absolute Gasteiger partial charge is 0.493 e. The van der Waals surface area contributed by atoms with Crippen molar-refractivity contribution >= 4 is 29.2 Å². The fourth-order valence-electron chi connectivity index (χ4n) is 3.40. The Kier molecular flexibility index (Phi) is 7.65. The molecule has 1 fully saturated rings. The van der Waals surface area contributed by atoms with Crippen LogP contribution in [0.25, 0.3) is 10.9 Å². The number of piperidine rings is 1. The molecule has 9 heteroatoms. The highest BCUT2D eigenvalue weighted by atomic mass is 35.5. The number of hydrogen-bond donors (Lipinski definition) is 2. The minimum atomic E-state index is -0.268. The maximum absolute atomic E-state index is 12.8. The number of likely N-dealkylation sites (N-methyl/N-ethyl adjacent to an activating group) is 1. The number of carbonyl (C=O) groups excluding carboxylic acids is 1. The van der Waals surface area contributed by atoms with Gasteiger partial charge >= 0.3 is 0 Å². The zero-order chi connectivity index (χ0) is 19.4. The molecule has 0 bridgehead atoms. The molecule has 1 aromatic heterocycles. The Morgan fingerprint density at radius 3 is 2.57 bits per heavy atom. The Labute approximate surface area is 170 Å². The number of aromatic nitrogens is 2. The summed E-state index contributed by atoms with van der Waals surface area (Å²) >= 11 is 0. The first-order valence-electron chi connectivity index (χ1n) is 9.24. The highest BCUT2D eigenvalue weighted by molar-refractivity contribution is 5.85. The van der Waals surface area contributed by atoms with Gasteiger partial charge in [0.25, 0.3) is 5.56 Å². The molecule has 1 aliphatic heterocycles. The van der Waals surface area contributed by atoms with Crippen LogP contribution in [0.3, 0.4) is 0 Å². The molecule has 0 unspecified atom stereocenters. The molecule has 0 spiro atoms. The second kappa shape index (κ2) is 9.75. The van der Waals surface area contributed by atoms with Gasteiger partial charge in [-0.3, -0.25) is 9.59 Å². The van der Waals surface area contributed by atoms with Crippen LogP contribution in [0.4, 0.5) is 0 Å². The predicted octanol–water partition coefficient (Wildman–Crippen LogP) is 1.85. The second-order valence-corrected chi connectivity index (χ2v) is 6.59. The molecule has 2 heterocycles. The van der Waals surface area contributed by atoms with Gasteiger partial charge in [-0.15, -0.1) is 12.4 Å². The summed E-state index contributed by atoms with van der Waals surface area (Å²) in [7, 11) is 3.05. The SMILES string of the molecule is CCN(Cc1nc2cc(OC)c(OC)cc2c(=O)[nH]1)C(=O)[C@@H]1CCCCN1.Cl. The quantitative estimate of drug-likeness (QED) is 0.754. The van der Waals surface area contributed by atoms with Crippen LogP contribution in [0.1, 0.15) is 32.0 Å². The standard InChI is InChI=1S/C19H26N4O4.ClH/c1-4-23(19(25)13-7-5-6-8-20-13)11-17-21-14-10-16(27-3)15(26-2)9-12(14)18(24)22-17;/h9-10,13,20H,4-8,11H2,1-3H3,(H,21,22,24);1H/t13-;/m0./s1. The molecule has 8 nitrogen and oxygen atoms in total. The molecule has 1 saturated heterocycles. The van der Waals surface area contributed by atoms with Crippen molar-refractivity contribution in [2.45, 2.75) is 38.8 Å². The van der Waals surface area contributed by atoms with Crippen LogP contribution in [0.2, 0.25) is 0 Å². The van der Waals surface area contributed by atoms with Crippen LogP contribution < -0.4 is 20.3 Å². The van der Waals surface area contributed by atoms with Crippen molar-refractivity contribution < 1.29 is 14.3 Å². The predicted molar refractivity (Wildman–Crippen MR) is 109 cm³/mol. The Morgan fingerprint density at radius 1 is 1.25 bits per heavy atom. The summed E-state index contributed by atoms with van der Waals surface area (Å²) in [6.07, 6.45) is 2.99. The molecule has 2 aromatic rings. The van der Waals surface area contributed by atoms with E-state index in [1.54, 1.807) is 17.0 Å². The summed E-state index contributed by atoms with van der Waals surface area (Å²) in [6.45, 7) is 3.59. The van der Waals surface area contributed by atoms with Gasteiger partial charge in [-0.1, -0.05) is 6.42 Å². The number of ether oxygens (including phenoxy) is 2. The first-order chi connectivity index (χ1) is 13.1. The Balaban J connectivity index is 0.00000280. The normalized spacial score (nSPS) is 16.3. The lowest BCUT2D eigenvalue weighted by Gasteiger charge is -2.29. The maximum atomic E-state index is 12.8. The van der Waals surface area contributed by atoms with Gasteiger partial charge in [0.05, 0.1) is 37.7 Å². The molecule has 0 aliphatic carbocycles. The van der Waals surface area contributed by atoms with Crippen LogP contribution in [-0.4, -0.2) is 54.1 Å². The number of halogens is 1. The molecule has 1 aromatic carbocycles. The van der Waals surface area contributed by atoms with Gasteiger partial charge < -0.3 is 24.7 Å². The van der Waals surface area contributed by atoms with Gasteiger partial charge in [-0.05, 0) is 32.4 Å². The molecule has 0 saturated carbocycles. The molecule has 1 atom stereocenters. The number of H-pyrrole nitrogens is 1. The van der Waals surface area contributed by atoms with Crippen LogP contribution in [0.15, 0.2) is 16.9 Å². The molecule has 28 heavy (non-hydrogen) atoms. The number of nitrogens with zero attached hydrogens (tertiary/aromatic N) is 2. The highest BCUT2D eigenvalue weighted by Crippen LogP contribution is 2.30. The summed E-state index contributed by atoms with van der Waals surface area (Å²) in [5.41, 5.74) is 0.237. The van der Waals surface area contributed by atoms with E-state index in [4.69, 9.17) is 9.47 Å². The number of methoxy groups -OCH3 is 2. The first kappa shape index (κ1) is 22.0. The third-order valence-electron chi connectivity index (χ3n) is 4.90. The van der Waals surface area contributed by atoms with Gasteiger partial charge in [-0.2, -0.15) is 0 Å². The molecule has 2 N–H and O–H groups in total. The number of amides is 1. The molecular weight excluding hydrogens is 384 g/mol. The van der Waals surface area contributed by atoms with Crippen molar-refractivity contribution in [3.8, 4) is 11.5 Å². The van der Waals surface area contributed by atoms with Gasteiger partial charge in [-0.25, -0.2) is 4.98 Å².